The standard InChI is InChI=1S/C35H51N3O6/c1-9-10-11-15-21-38(29(39)24-36-33(42)44-35(6,7)8)30(27-20-16-17-25(2)22-27)31(40)37-28(32(41)43-34(3,4)5)23-26-18-13-12-14-19-26/h12-14,16-20,22,28,30H,9-11,15,21,23-24H2,1-8H3,(H,36,42)(H,37,40). The highest BCUT2D eigenvalue weighted by Crippen LogP contribution is 2.25. The maximum absolute atomic E-state index is 14.3. The number of alkyl carbamates (subject to hydrolysis) is 1. The smallest absolute Gasteiger partial charge is 0.408 e. The van der Waals surface area contributed by atoms with E-state index >= 15 is 0 Å². The molecule has 2 atom stereocenters. The lowest BCUT2D eigenvalue weighted by Gasteiger charge is -2.33. The van der Waals surface area contributed by atoms with Crippen LogP contribution in [0.2, 0.25) is 0 Å². The molecule has 9 heteroatoms. The number of hydrogen-bond acceptors (Lipinski definition) is 6. The van der Waals surface area contributed by atoms with Crippen LogP contribution in [0.1, 0.15) is 96.9 Å². The summed E-state index contributed by atoms with van der Waals surface area (Å²) in [4.78, 5) is 55.3. The zero-order valence-corrected chi connectivity index (χ0v) is 27.7. The molecule has 2 aromatic rings. The Hall–Kier alpha value is -3.88. The molecule has 242 valence electrons. The molecule has 0 saturated carbocycles. The Morgan fingerprint density at radius 2 is 1.50 bits per heavy atom. The Labute approximate surface area is 263 Å². The Morgan fingerprint density at radius 3 is 2.09 bits per heavy atom. The molecule has 2 N–H and O–H groups in total. The summed E-state index contributed by atoms with van der Waals surface area (Å²) in [6.07, 6.45) is 3.02. The van der Waals surface area contributed by atoms with Gasteiger partial charge < -0.3 is 25.0 Å². The minimum Gasteiger partial charge on any atom is -0.458 e. The molecule has 0 fully saturated rings. The summed E-state index contributed by atoms with van der Waals surface area (Å²) in [6.45, 7) is 14.5. The number of hydrogen-bond donors (Lipinski definition) is 2. The number of ether oxygens (including phenoxy) is 2. The first-order valence-corrected chi connectivity index (χ1v) is 15.5. The Balaban J connectivity index is 2.47. The summed E-state index contributed by atoms with van der Waals surface area (Å²) in [5.74, 6) is -1.51. The van der Waals surface area contributed by atoms with E-state index in [2.05, 4.69) is 17.6 Å². The summed E-state index contributed by atoms with van der Waals surface area (Å²) in [7, 11) is 0. The Kier molecular flexibility index (Phi) is 13.9. The summed E-state index contributed by atoms with van der Waals surface area (Å²) < 4.78 is 11.0. The van der Waals surface area contributed by atoms with Gasteiger partial charge in [0, 0.05) is 13.0 Å². The summed E-state index contributed by atoms with van der Waals surface area (Å²) >= 11 is 0. The third-order valence-corrected chi connectivity index (χ3v) is 6.56. The lowest BCUT2D eigenvalue weighted by molar-refractivity contribution is -0.159. The van der Waals surface area contributed by atoms with Crippen molar-refractivity contribution in [3.63, 3.8) is 0 Å². The molecule has 0 aliphatic rings. The fraction of sp³-hybridized carbons (Fsp3) is 0.543. The van der Waals surface area contributed by atoms with Gasteiger partial charge in [0.15, 0.2) is 0 Å². The lowest BCUT2D eigenvalue weighted by atomic mass is 9.99. The largest absolute Gasteiger partial charge is 0.458 e. The second-order valence-corrected chi connectivity index (χ2v) is 13.1. The highest BCUT2D eigenvalue weighted by molar-refractivity contribution is 5.93. The molecule has 0 bridgehead atoms. The number of amides is 3. The van der Waals surface area contributed by atoms with Gasteiger partial charge in [-0.15, -0.1) is 0 Å². The van der Waals surface area contributed by atoms with Crippen molar-refractivity contribution in [2.24, 2.45) is 0 Å². The van der Waals surface area contributed by atoms with Gasteiger partial charge >= 0.3 is 12.1 Å². The number of benzene rings is 2. The number of nitrogens with zero attached hydrogens (tertiary/aromatic N) is 1. The average Bonchev–Trinajstić information content (AvgIpc) is 2.91. The van der Waals surface area contributed by atoms with Crippen molar-refractivity contribution in [2.45, 2.75) is 111 Å². The van der Waals surface area contributed by atoms with Crippen LogP contribution < -0.4 is 10.6 Å². The molecule has 0 saturated heterocycles. The fourth-order valence-electron chi connectivity index (χ4n) is 4.65. The van der Waals surface area contributed by atoms with Crippen molar-refractivity contribution >= 4 is 23.9 Å². The van der Waals surface area contributed by atoms with E-state index in [-0.39, 0.29) is 19.5 Å². The topological polar surface area (TPSA) is 114 Å². The molecule has 2 unspecified atom stereocenters. The molecule has 2 rings (SSSR count). The van der Waals surface area contributed by atoms with Crippen molar-refractivity contribution in [3.8, 4) is 0 Å². The van der Waals surface area contributed by atoms with Gasteiger partial charge in [-0.2, -0.15) is 0 Å². The zero-order chi connectivity index (χ0) is 32.9. The van der Waals surface area contributed by atoms with Crippen LogP contribution in [0.5, 0.6) is 0 Å². The van der Waals surface area contributed by atoms with Crippen LogP contribution in [0.25, 0.3) is 0 Å². The van der Waals surface area contributed by atoms with E-state index in [1.165, 1.54) is 4.90 Å². The number of aryl methyl sites for hydroxylation is 1. The number of esters is 1. The molecular formula is C35H51N3O6. The predicted octanol–water partition coefficient (Wildman–Crippen LogP) is 6.04. The van der Waals surface area contributed by atoms with Crippen molar-refractivity contribution in [2.75, 3.05) is 13.1 Å². The van der Waals surface area contributed by atoms with Gasteiger partial charge in [-0.05, 0) is 66.0 Å². The van der Waals surface area contributed by atoms with E-state index in [0.29, 0.717) is 12.0 Å². The predicted molar refractivity (Wildman–Crippen MR) is 172 cm³/mol. The van der Waals surface area contributed by atoms with Gasteiger partial charge in [0.2, 0.25) is 11.8 Å². The number of unbranched alkanes of at least 4 members (excludes halogenated alkanes) is 3. The van der Waals surface area contributed by atoms with Crippen molar-refractivity contribution in [3.05, 3.63) is 71.3 Å². The maximum atomic E-state index is 14.3. The second-order valence-electron chi connectivity index (χ2n) is 13.1. The first-order valence-electron chi connectivity index (χ1n) is 15.5. The average molecular weight is 610 g/mol. The lowest BCUT2D eigenvalue weighted by Crippen LogP contribution is -2.52. The van der Waals surface area contributed by atoms with Gasteiger partial charge in [0.1, 0.15) is 29.8 Å². The first-order chi connectivity index (χ1) is 20.6. The summed E-state index contributed by atoms with van der Waals surface area (Å²) in [6, 6.07) is 14.7. The maximum Gasteiger partial charge on any atom is 0.408 e. The van der Waals surface area contributed by atoms with Crippen LogP contribution in [0.4, 0.5) is 4.79 Å². The van der Waals surface area contributed by atoms with E-state index in [1.54, 1.807) is 47.6 Å². The van der Waals surface area contributed by atoms with E-state index in [0.717, 1.165) is 30.4 Å². The molecule has 9 nitrogen and oxygen atoms in total. The van der Waals surface area contributed by atoms with E-state index in [9.17, 15) is 19.2 Å². The van der Waals surface area contributed by atoms with E-state index in [1.807, 2.05) is 55.5 Å². The highest BCUT2D eigenvalue weighted by atomic mass is 16.6. The van der Waals surface area contributed by atoms with Crippen LogP contribution in [0, 0.1) is 6.92 Å². The van der Waals surface area contributed by atoms with Gasteiger partial charge in [-0.25, -0.2) is 9.59 Å². The second kappa shape index (κ2) is 16.8. The van der Waals surface area contributed by atoms with Crippen LogP contribution in [0.15, 0.2) is 54.6 Å². The fourth-order valence-corrected chi connectivity index (χ4v) is 4.65. The van der Waals surface area contributed by atoms with E-state index < -0.39 is 47.2 Å². The van der Waals surface area contributed by atoms with Crippen LogP contribution in [-0.4, -0.2) is 59.1 Å². The first kappa shape index (κ1) is 36.3. The summed E-state index contributed by atoms with van der Waals surface area (Å²) in [5, 5.41) is 5.46. The normalized spacial score (nSPS) is 12.9. The SMILES string of the molecule is CCCCCCN(C(=O)CNC(=O)OC(C)(C)C)C(C(=O)NC(Cc1ccccc1)C(=O)OC(C)(C)C)c1cccc(C)c1. The number of nitrogens with one attached hydrogen (secondary N) is 2. The molecule has 0 radical (unpaired) electrons. The molecule has 0 spiro atoms. The molecule has 2 aromatic carbocycles. The van der Waals surface area contributed by atoms with Gasteiger partial charge in [0.25, 0.3) is 0 Å². The highest BCUT2D eigenvalue weighted by Gasteiger charge is 2.35. The van der Waals surface area contributed by atoms with Gasteiger partial charge in [-0.1, -0.05) is 86.3 Å². The molecule has 0 aliphatic heterocycles. The quantitative estimate of drug-likeness (QED) is 0.199. The van der Waals surface area contributed by atoms with Crippen LogP contribution in [0.3, 0.4) is 0 Å². The van der Waals surface area contributed by atoms with Crippen molar-refractivity contribution in [1.82, 2.24) is 15.5 Å². The van der Waals surface area contributed by atoms with E-state index in [4.69, 9.17) is 9.47 Å². The number of rotatable bonds is 14. The number of carbonyl (C=O) groups excluding carboxylic acids is 4. The Bertz CT molecular complexity index is 1230. The zero-order valence-electron chi connectivity index (χ0n) is 27.7. The van der Waals surface area contributed by atoms with Gasteiger partial charge in [0.05, 0.1) is 0 Å². The Morgan fingerprint density at radius 1 is 0.841 bits per heavy atom. The minimum atomic E-state index is -1.05. The van der Waals surface area contributed by atoms with Crippen molar-refractivity contribution < 1.29 is 28.7 Å². The monoisotopic (exact) mass is 609 g/mol. The molecule has 44 heavy (non-hydrogen) atoms. The van der Waals surface area contributed by atoms with Gasteiger partial charge in [-0.3, -0.25) is 9.59 Å². The summed E-state index contributed by atoms with van der Waals surface area (Å²) in [5.41, 5.74) is 0.878. The molecule has 0 aliphatic carbocycles. The number of carbonyl (C=O) groups is 4. The third-order valence-electron chi connectivity index (χ3n) is 6.56. The van der Waals surface area contributed by atoms with Crippen molar-refractivity contribution in [1.29, 1.82) is 0 Å². The third kappa shape index (κ3) is 13.2. The van der Waals surface area contributed by atoms with Crippen LogP contribution in [-0.2, 0) is 30.3 Å². The van der Waals surface area contributed by atoms with Crippen LogP contribution >= 0.6 is 0 Å². The molecular weight excluding hydrogens is 558 g/mol. The minimum absolute atomic E-state index is 0.215. The molecule has 0 aromatic heterocycles. The molecule has 3 amide bonds. The molecule has 0 heterocycles.